The van der Waals surface area contributed by atoms with E-state index in [9.17, 15) is 9.59 Å². The Labute approximate surface area is 173 Å². The molecule has 2 aliphatic heterocycles. The van der Waals surface area contributed by atoms with Gasteiger partial charge in [-0.05, 0) is 31.9 Å². The van der Waals surface area contributed by atoms with E-state index in [-0.39, 0.29) is 17.4 Å². The van der Waals surface area contributed by atoms with E-state index in [4.69, 9.17) is 4.74 Å². The first-order valence-corrected chi connectivity index (χ1v) is 10.9. The quantitative estimate of drug-likeness (QED) is 0.708. The summed E-state index contributed by atoms with van der Waals surface area (Å²) in [6.45, 7) is 6.60. The predicted molar refractivity (Wildman–Crippen MR) is 112 cm³/mol. The molecule has 2 saturated heterocycles. The lowest BCUT2D eigenvalue weighted by atomic mass is 9.90. The van der Waals surface area contributed by atoms with Crippen molar-refractivity contribution in [3.63, 3.8) is 0 Å². The van der Waals surface area contributed by atoms with Crippen LogP contribution < -0.4 is 0 Å². The maximum Gasteiger partial charge on any atom is 0.410 e. The molecule has 29 heavy (non-hydrogen) atoms. The number of ether oxygens (including phenoxy) is 1. The van der Waals surface area contributed by atoms with Crippen LogP contribution in [0.5, 0.6) is 0 Å². The van der Waals surface area contributed by atoms with E-state index in [2.05, 4.69) is 43.1 Å². The van der Waals surface area contributed by atoms with Crippen LogP contribution in [-0.2, 0) is 16.0 Å². The van der Waals surface area contributed by atoms with Crippen LogP contribution >= 0.6 is 0 Å². The number of rotatable bonds is 7. The van der Waals surface area contributed by atoms with E-state index < -0.39 is 5.60 Å². The van der Waals surface area contributed by atoms with Gasteiger partial charge in [0.2, 0.25) is 5.91 Å². The van der Waals surface area contributed by atoms with Crippen molar-refractivity contribution in [1.82, 2.24) is 14.7 Å². The first-order chi connectivity index (χ1) is 13.9. The Morgan fingerprint density at radius 2 is 1.79 bits per heavy atom. The molecule has 4 rings (SSSR count). The Hall–Kier alpha value is -2.08. The largest absolute Gasteiger partial charge is 0.441 e. The van der Waals surface area contributed by atoms with E-state index in [1.807, 2.05) is 15.9 Å². The molecule has 1 saturated carbocycles. The fraction of sp³-hybridized carbons (Fsp3) is 0.652. The maximum atomic E-state index is 12.6. The predicted octanol–water partition coefficient (Wildman–Crippen LogP) is 2.77. The molecule has 3 aliphatic rings. The fourth-order valence-corrected chi connectivity index (χ4v) is 4.39. The molecule has 1 spiro atoms. The first-order valence-electron chi connectivity index (χ1n) is 10.9. The van der Waals surface area contributed by atoms with Crippen molar-refractivity contribution in [3.8, 4) is 0 Å². The Balaban J connectivity index is 1.22. The van der Waals surface area contributed by atoms with Gasteiger partial charge in [-0.1, -0.05) is 37.3 Å². The van der Waals surface area contributed by atoms with Crippen LogP contribution in [0.1, 0.15) is 38.2 Å². The smallest absolute Gasteiger partial charge is 0.410 e. The average Bonchev–Trinajstić information content (AvgIpc) is 3.41. The van der Waals surface area contributed by atoms with Crippen LogP contribution in [0.4, 0.5) is 4.79 Å². The zero-order valence-corrected chi connectivity index (χ0v) is 17.7. The summed E-state index contributed by atoms with van der Waals surface area (Å²) >= 11 is 0. The molecule has 0 bridgehead atoms. The SMILES string of the molecule is CN(CCc1ccccc1)CCN1CC2(CCN(C(=O)C3(C)CC3)CC2)OC1=O. The molecule has 0 N–H and O–H groups in total. The highest BCUT2D eigenvalue weighted by atomic mass is 16.6. The summed E-state index contributed by atoms with van der Waals surface area (Å²) < 4.78 is 5.82. The zero-order chi connectivity index (χ0) is 20.5. The third-order valence-corrected chi connectivity index (χ3v) is 6.90. The van der Waals surface area contributed by atoms with Gasteiger partial charge in [0.1, 0.15) is 5.60 Å². The van der Waals surface area contributed by atoms with Crippen LogP contribution in [0, 0.1) is 5.41 Å². The van der Waals surface area contributed by atoms with Gasteiger partial charge in [-0.2, -0.15) is 0 Å². The molecule has 0 radical (unpaired) electrons. The molecule has 2 heterocycles. The molecule has 1 aromatic rings. The van der Waals surface area contributed by atoms with Gasteiger partial charge in [0, 0.05) is 51.0 Å². The van der Waals surface area contributed by atoms with Crippen molar-refractivity contribution >= 4 is 12.0 Å². The number of carbonyl (C=O) groups excluding carboxylic acids is 2. The second kappa shape index (κ2) is 7.98. The van der Waals surface area contributed by atoms with Crippen LogP contribution in [0.3, 0.4) is 0 Å². The average molecular weight is 400 g/mol. The summed E-state index contributed by atoms with van der Waals surface area (Å²) in [5, 5.41) is 0. The lowest BCUT2D eigenvalue weighted by Gasteiger charge is -2.38. The van der Waals surface area contributed by atoms with Crippen LogP contribution in [0.25, 0.3) is 0 Å². The molecule has 0 atom stereocenters. The monoisotopic (exact) mass is 399 g/mol. The van der Waals surface area contributed by atoms with Crippen molar-refractivity contribution in [3.05, 3.63) is 35.9 Å². The Morgan fingerprint density at radius 1 is 1.10 bits per heavy atom. The topological polar surface area (TPSA) is 53.1 Å². The lowest BCUT2D eigenvalue weighted by Crippen LogP contribution is -2.50. The molecule has 0 unspecified atom stereocenters. The number of carbonyl (C=O) groups is 2. The number of benzene rings is 1. The van der Waals surface area contributed by atoms with Gasteiger partial charge in [-0.3, -0.25) is 4.79 Å². The van der Waals surface area contributed by atoms with E-state index in [1.165, 1.54) is 5.56 Å². The molecule has 3 fully saturated rings. The van der Waals surface area contributed by atoms with Crippen LogP contribution in [0.2, 0.25) is 0 Å². The number of hydrogen-bond donors (Lipinski definition) is 0. The van der Waals surface area contributed by atoms with E-state index in [0.29, 0.717) is 26.2 Å². The minimum atomic E-state index is -0.402. The van der Waals surface area contributed by atoms with Gasteiger partial charge < -0.3 is 19.4 Å². The van der Waals surface area contributed by atoms with Gasteiger partial charge in [0.15, 0.2) is 0 Å². The second-order valence-corrected chi connectivity index (χ2v) is 9.36. The van der Waals surface area contributed by atoms with Gasteiger partial charge >= 0.3 is 6.09 Å². The number of amides is 2. The minimum absolute atomic E-state index is 0.118. The normalized spacial score (nSPS) is 22.2. The van der Waals surface area contributed by atoms with Crippen LogP contribution in [-0.4, -0.2) is 78.6 Å². The minimum Gasteiger partial charge on any atom is -0.441 e. The van der Waals surface area contributed by atoms with Crippen molar-refractivity contribution in [1.29, 1.82) is 0 Å². The molecule has 1 aliphatic carbocycles. The number of piperidine rings is 1. The Kier molecular flexibility index (Phi) is 5.56. The molecule has 0 aromatic heterocycles. The number of hydrogen-bond acceptors (Lipinski definition) is 4. The summed E-state index contributed by atoms with van der Waals surface area (Å²) in [5.74, 6) is 0.286. The highest BCUT2D eigenvalue weighted by Crippen LogP contribution is 2.47. The van der Waals surface area contributed by atoms with Crippen molar-refractivity contribution in [2.45, 2.75) is 44.6 Å². The second-order valence-electron chi connectivity index (χ2n) is 9.36. The van der Waals surface area contributed by atoms with Crippen molar-refractivity contribution in [2.75, 3.05) is 46.3 Å². The molecule has 6 heteroatoms. The van der Waals surface area contributed by atoms with Gasteiger partial charge in [-0.15, -0.1) is 0 Å². The highest BCUT2D eigenvalue weighted by Gasteiger charge is 2.51. The number of likely N-dealkylation sites (N-methyl/N-ethyl adjacent to an activating group) is 1. The lowest BCUT2D eigenvalue weighted by molar-refractivity contribution is -0.139. The van der Waals surface area contributed by atoms with E-state index in [1.54, 1.807) is 0 Å². The summed E-state index contributed by atoms with van der Waals surface area (Å²) in [5.41, 5.74) is 0.814. The number of nitrogens with zero attached hydrogens (tertiary/aromatic N) is 3. The maximum absolute atomic E-state index is 12.6. The fourth-order valence-electron chi connectivity index (χ4n) is 4.39. The summed E-state index contributed by atoms with van der Waals surface area (Å²) in [6.07, 6.45) is 4.33. The molecule has 158 valence electrons. The van der Waals surface area contributed by atoms with Gasteiger partial charge in [0.05, 0.1) is 6.54 Å². The Morgan fingerprint density at radius 3 is 2.45 bits per heavy atom. The van der Waals surface area contributed by atoms with Gasteiger partial charge in [0.25, 0.3) is 0 Å². The van der Waals surface area contributed by atoms with Crippen LogP contribution in [0.15, 0.2) is 30.3 Å². The van der Waals surface area contributed by atoms with Crippen molar-refractivity contribution in [2.24, 2.45) is 5.41 Å². The van der Waals surface area contributed by atoms with E-state index >= 15 is 0 Å². The standard InChI is InChI=1S/C23H33N3O3/c1-22(9-10-22)20(27)25-14-11-23(12-15-25)18-26(21(28)29-23)17-16-24(2)13-8-19-6-4-3-5-7-19/h3-7H,8-18H2,1-2H3. The third kappa shape index (κ3) is 4.58. The van der Waals surface area contributed by atoms with E-state index in [0.717, 1.165) is 45.2 Å². The van der Waals surface area contributed by atoms with Gasteiger partial charge in [-0.25, -0.2) is 4.79 Å². The number of likely N-dealkylation sites (tertiary alicyclic amines) is 1. The zero-order valence-electron chi connectivity index (χ0n) is 17.7. The summed E-state index contributed by atoms with van der Waals surface area (Å²) in [7, 11) is 2.10. The molecule has 2 amide bonds. The highest BCUT2D eigenvalue weighted by molar-refractivity contribution is 5.85. The molecule has 6 nitrogen and oxygen atoms in total. The first kappa shape index (κ1) is 20.2. The molecule has 1 aromatic carbocycles. The Bertz CT molecular complexity index is 739. The summed E-state index contributed by atoms with van der Waals surface area (Å²) in [4.78, 5) is 31.1. The molecular weight excluding hydrogens is 366 g/mol. The summed E-state index contributed by atoms with van der Waals surface area (Å²) in [6, 6.07) is 10.5. The third-order valence-electron chi connectivity index (χ3n) is 6.90. The van der Waals surface area contributed by atoms with Crippen molar-refractivity contribution < 1.29 is 14.3 Å². The molecular formula is C23H33N3O3.